The minimum Gasteiger partial charge on any atom is -0.497 e. The minimum atomic E-state index is -1.83. The molecule has 0 aliphatic rings. The molecule has 24 heavy (non-hydrogen) atoms. The first kappa shape index (κ1) is 20.3. The number of aliphatic carboxylic acids is 1. The van der Waals surface area contributed by atoms with E-state index >= 15 is 0 Å². The molecule has 0 bridgehead atoms. The highest BCUT2D eigenvalue weighted by atomic mass is 28.3. The second-order valence-corrected chi connectivity index (χ2v) is 12.8. The van der Waals surface area contributed by atoms with Crippen LogP contribution in [0.1, 0.15) is 52.7 Å². The van der Waals surface area contributed by atoms with Crippen LogP contribution in [-0.4, -0.2) is 26.3 Å². The summed E-state index contributed by atoms with van der Waals surface area (Å²) in [5, 5.41) is 9.17. The Bertz CT molecular complexity index is 614. The first-order valence-electron chi connectivity index (χ1n) is 8.57. The van der Waals surface area contributed by atoms with Crippen LogP contribution in [0.2, 0.25) is 16.6 Å². The predicted octanol–water partition coefficient (Wildman–Crippen LogP) is 4.89. The highest BCUT2D eigenvalue weighted by Crippen LogP contribution is 2.40. The molecule has 1 aromatic carbocycles. The lowest BCUT2D eigenvalue weighted by atomic mass is 10.0. The van der Waals surface area contributed by atoms with Crippen LogP contribution in [0.15, 0.2) is 18.2 Å². The summed E-state index contributed by atoms with van der Waals surface area (Å²) < 4.78 is 5.22. The summed E-state index contributed by atoms with van der Waals surface area (Å²) in [6.45, 7) is 13.6. The average Bonchev–Trinajstić information content (AvgIpc) is 2.47. The van der Waals surface area contributed by atoms with E-state index in [-0.39, 0.29) is 6.42 Å². The maximum Gasteiger partial charge on any atom is 0.307 e. The van der Waals surface area contributed by atoms with Gasteiger partial charge in [0.25, 0.3) is 0 Å². The fraction of sp³-hybridized carbons (Fsp3) is 0.550. The largest absolute Gasteiger partial charge is 0.497 e. The van der Waals surface area contributed by atoms with Crippen LogP contribution in [0.25, 0.3) is 0 Å². The van der Waals surface area contributed by atoms with E-state index in [0.29, 0.717) is 27.9 Å². The van der Waals surface area contributed by atoms with E-state index in [4.69, 9.17) is 9.84 Å². The van der Waals surface area contributed by atoms with E-state index in [2.05, 4.69) is 53.0 Å². The molecule has 0 fully saturated rings. The molecular formula is C20H30O3Si. The van der Waals surface area contributed by atoms with Gasteiger partial charge in [0, 0.05) is 5.56 Å². The van der Waals surface area contributed by atoms with Crippen LogP contribution in [-0.2, 0) is 11.2 Å². The molecule has 0 saturated heterocycles. The third-order valence-corrected chi connectivity index (χ3v) is 11.2. The normalized spacial score (nSPS) is 11.6. The Balaban J connectivity index is 3.43. The molecule has 0 atom stereocenters. The Kier molecular flexibility index (Phi) is 7.10. The lowest BCUT2D eigenvalue weighted by Crippen LogP contribution is -2.43. The van der Waals surface area contributed by atoms with Crippen molar-refractivity contribution in [1.82, 2.24) is 0 Å². The third-order valence-electron chi connectivity index (χ3n) is 4.93. The molecule has 3 nitrogen and oxygen atoms in total. The van der Waals surface area contributed by atoms with Crippen molar-refractivity contribution in [3.8, 4) is 17.2 Å². The molecule has 132 valence electrons. The quantitative estimate of drug-likeness (QED) is 0.589. The van der Waals surface area contributed by atoms with Crippen molar-refractivity contribution >= 4 is 14.0 Å². The minimum absolute atomic E-state index is 0.0409. The lowest BCUT2D eigenvalue weighted by Gasteiger charge is -2.38. The molecule has 0 radical (unpaired) electrons. The van der Waals surface area contributed by atoms with Crippen molar-refractivity contribution in [3.63, 3.8) is 0 Å². The fourth-order valence-corrected chi connectivity index (χ4v) is 8.95. The van der Waals surface area contributed by atoms with Gasteiger partial charge in [0.15, 0.2) is 0 Å². The van der Waals surface area contributed by atoms with Gasteiger partial charge in [-0.05, 0) is 40.4 Å². The van der Waals surface area contributed by atoms with Crippen LogP contribution in [0.4, 0.5) is 0 Å². The molecule has 0 amide bonds. The second-order valence-electron chi connectivity index (χ2n) is 7.24. The Morgan fingerprint density at radius 3 is 2.08 bits per heavy atom. The summed E-state index contributed by atoms with van der Waals surface area (Å²) in [5.74, 6) is 3.16. The molecule has 0 heterocycles. The molecule has 4 heteroatoms. The molecule has 0 aromatic heterocycles. The number of benzene rings is 1. The summed E-state index contributed by atoms with van der Waals surface area (Å²) in [4.78, 5) is 11.2. The highest BCUT2D eigenvalue weighted by Gasteiger charge is 2.41. The lowest BCUT2D eigenvalue weighted by molar-refractivity contribution is -0.136. The number of ether oxygens (including phenoxy) is 1. The van der Waals surface area contributed by atoms with E-state index in [1.165, 1.54) is 0 Å². The second kappa shape index (κ2) is 8.39. The van der Waals surface area contributed by atoms with Crippen LogP contribution in [0, 0.1) is 11.5 Å². The van der Waals surface area contributed by atoms with E-state index in [1.807, 2.05) is 12.1 Å². The van der Waals surface area contributed by atoms with Crippen molar-refractivity contribution in [2.75, 3.05) is 7.11 Å². The third kappa shape index (κ3) is 4.42. The van der Waals surface area contributed by atoms with Gasteiger partial charge in [-0.15, -0.1) is 5.54 Å². The number of carbonyl (C=O) groups is 1. The summed E-state index contributed by atoms with van der Waals surface area (Å²) in [6, 6.07) is 5.50. The van der Waals surface area contributed by atoms with Crippen LogP contribution in [0.5, 0.6) is 5.75 Å². The van der Waals surface area contributed by atoms with Crippen molar-refractivity contribution < 1.29 is 14.6 Å². The summed E-state index contributed by atoms with van der Waals surface area (Å²) in [7, 11) is -0.252. The Morgan fingerprint density at radius 1 is 1.12 bits per heavy atom. The zero-order valence-electron chi connectivity index (χ0n) is 15.9. The number of carboxylic acid groups (broad SMARTS) is 1. The standard InChI is InChI=1S/C20H30O3Si/c1-14(2)24(15(3)4,16(5)6)11-10-17-8-9-19(23-7)12-18(17)13-20(21)22/h8-9,12,14-16H,13H2,1-7H3,(H,21,22). The molecule has 0 spiro atoms. The van der Waals surface area contributed by atoms with E-state index in [9.17, 15) is 4.79 Å². The smallest absolute Gasteiger partial charge is 0.307 e. The first-order valence-corrected chi connectivity index (χ1v) is 10.8. The van der Waals surface area contributed by atoms with Crippen molar-refractivity contribution in [3.05, 3.63) is 29.3 Å². The molecule has 1 rings (SSSR count). The monoisotopic (exact) mass is 346 g/mol. The Labute approximate surface area is 147 Å². The first-order chi connectivity index (χ1) is 11.1. The van der Waals surface area contributed by atoms with Crippen molar-refractivity contribution in [1.29, 1.82) is 0 Å². The Hall–Kier alpha value is -1.73. The zero-order chi connectivity index (χ0) is 18.5. The Morgan fingerprint density at radius 2 is 1.67 bits per heavy atom. The summed E-state index contributed by atoms with van der Waals surface area (Å²) >= 11 is 0. The van der Waals surface area contributed by atoms with Gasteiger partial charge in [-0.25, -0.2) is 0 Å². The van der Waals surface area contributed by atoms with Gasteiger partial charge >= 0.3 is 5.97 Å². The number of rotatable bonds is 6. The maximum atomic E-state index is 11.2. The number of hydrogen-bond donors (Lipinski definition) is 1. The van der Waals surface area contributed by atoms with Crippen LogP contribution in [0.3, 0.4) is 0 Å². The van der Waals surface area contributed by atoms with E-state index < -0.39 is 14.0 Å². The van der Waals surface area contributed by atoms with E-state index in [1.54, 1.807) is 13.2 Å². The van der Waals surface area contributed by atoms with Gasteiger partial charge < -0.3 is 9.84 Å². The molecule has 0 unspecified atom stereocenters. The molecular weight excluding hydrogens is 316 g/mol. The van der Waals surface area contributed by atoms with Gasteiger partial charge in [-0.1, -0.05) is 47.5 Å². The average molecular weight is 347 g/mol. The molecule has 0 saturated carbocycles. The summed E-state index contributed by atoms with van der Waals surface area (Å²) in [6.07, 6.45) is -0.0409. The van der Waals surface area contributed by atoms with Crippen molar-refractivity contribution in [2.45, 2.75) is 64.6 Å². The number of methoxy groups -OCH3 is 1. The predicted molar refractivity (Wildman–Crippen MR) is 102 cm³/mol. The zero-order valence-corrected chi connectivity index (χ0v) is 16.9. The molecule has 0 aliphatic carbocycles. The van der Waals surface area contributed by atoms with Gasteiger partial charge in [-0.3, -0.25) is 4.79 Å². The maximum absolute atomic E-state index is 11.2. The number of carboxylic acids is 1. The number of hydrogen-bond acceptors (Lipinski definition) is 2. The van der Waals surface area contributed by atoms with Gasteiger partial charge in [0.1, 0.15) is 13.8 Å². The SMILES string of the molecule is COc1ccc(C#C[Si](C(C)C)(C(C)C)C(C)C)c(CC(=O)O)c1. The van der Waals surface area contributed by atoms with E-state index in [0.717, 1.165) is 5.56 Å². The van der Waals surface area contributed by atoms with Gasteiger partial charge in [0.2, 0.25) is 0 Å². The molecule has 1 aromatic rings. The molecule has 0 aliphatic heterocycles. The fourth-order valence-electron chi connectivity index (χ4n) is 3.74. The van der Waals surface area contributed by atoms with Gasteiger partial charge in [0.05, 0.1) is 13.5 Å². The molecule has 1 N–H and O–H groups in total. The topological polar surface area (TPSA) is 46.5 Å². The van der Waals surface area contributed by atoms with Crippen molar-refractivity contribution in [2.24, 2.45) is 0 Å². The van der Waals surface area contributed by atoms with Crippen LogP contribution >= 0.6 is 0 Å². The summed E-state index contributed by atoms with van der Waals surface area (Å²) in [5.41, 5.74) is 6.82. The van der Waals surface area contributed by atoms with Gasteiger partial charge in [-0.2, -0.15) is 0 Å². The highest BCUT2D eigenvalue weighted by molar-refractivity contribution is 6.90. The van der Waals surface area contributed by atoms with Crippen LogP contribution < -0.4 is 4.74 Å².